The molecule has 1 aromatic rings. The van der Waals surface area contributed by atoms with E-state index in [9.17, 15) is 9.59 Å². The number of rotatable bonds is 3. The molecule has 1 saturated carbocycles. The Bertz CT molecular complexity index is 679. The van der Waals surface area contributed by atoms with Crippen LogP contribution in [-0.4, -0.2) is 52.4 Å². The molecule has 0 aromatic carbocycles. The molecule has 2 atom stereocenters. The van der Waals surface area contributed by atoms with Gasteiger partial charge < -0.3 is 19.4 Å². The highest BCUT2D eigenvalue weighted by Gasteiger charge is 2.40. The lowest BCUT2D eigenvalue weighted by Crippen LogP contribution is -2.54. The lowest BCUT2D eigenvalue weighted by molar-refractivity contribution is -0.108. The van der Waals surface area contributed by atoms with Gasteiger partial charge in [-0.15, -0.1) is 0 Å². The summed E-state index contributed by atoms with van der Waals surface area (Å²) in [5.74, 6) is 0.737. The Morgan fingerprint density at radius 3 is 2.71 bits per heavy atom. The van der Waals surface area contributed by atoms with Crippen molar-refractivity contribution in [3.05, 3.63) is 27.9 Å². The number of nitrogens with one attached hydrogen (secondary N) is 1. The van der Waals surface area contributed by atoms with Crippen LogP contribution in [-0.2, 0) is 9.47 Å². The van der Waals surface area contributed by atoms with E-state index in [4.69, 9.17) is 9.47 Å². The Kier molecular flexibility index (Phi) is 4.14. The quantitative estimate of drug-likeness (QED) is 0.904. The van der Waals surface area contributed by atoms with Crippen molar-refractivity contribution in [3.8, 4) is 0 Å². The van der Waals surface area contributed by atoms with Crippen LogP contribution in [0.25, 0.3) is 0 Å². The fourth-order valence-corrected chi connectivity index (χ4v) is 3.71. The molecule has 0 unspecified atom stereocenters. The number of amides is 1. The number of carbonyl (C=O) groups is 1. The summed E-state index contributed by atoms with van der Waals surface area (Å²) in [6, 6.07) is 1.27. The van der Waals surface area contributed by atoms with E-state index < -0.39 is 0 Å². The molecule has 1 amide bonds. The van der Waals surface area contributed by atoms with Gasteiger partial charge in [0, 0.05) is 18.0 Å². The number of H-pyrrole nitrogens is 1. The molecule has 3 aliphatic rings. The van der Waals surface area contributed by atoms with E-state index in [-0.39, 0.29) is 35.5 Å². The molecule has 2 saturated heterocycles. The van der Waals surface area contributed by atoms with E-state index in [0.29, 0.717) is 25.0 Å². The number of hydrogen-bond acceptors (Lipinski definition) is 5. The molecule has 24 heavy (non-hydrogen) atoms. The summed E-state index contributed by atoms with van der Waals surface area (Å²) in [6.07, 6.45) is 4.49. The summed E-state index contributed by atoms with van der Waals surface area (Å²) in [5.41, 5.74) is -0.0257. The van der Waals surface area contributed by atoms with Crippen LogP contribution in [0.4, 0.5) is 0 Å². The first-order valence-corrected chi connectivity index (χ1v) is 8.80. The van der Waals surface area contributed by atoms with Gasteiger partial charge in [-0.3, -0.25) is 9.59 Å². The molecule has 0 radical (unpaired) electrons. The average molecular weight is 333 g/mol. The van der Waals surface area contributed by atoms with Crippen molar-refractivity contribution in [3.63, 3.8) is 0 Å². The third-order valence-corrected chi connectivity index (χ3v) is 5.09. The lowest BCUT2D eigenvalue weighted by Gasteiger charge is -2.42. The molecule has 0 spiro atoms. The van der Waals surface area contributed by atoms with E-state index in [0.717, 1.165) is 32.1 Å². The number of nitrogens with zero attached hydrogens (tertiary/aromatic N) is 2. The van der Waals surface area contributed by atoms with Crippen LogP contribution in [0.2, 0.25) is 0 Å². The Balaban J connectivity index is 1.64. The van der Waals surface area contributed by atoms with Crippen LogP contribution in [0.15, 0.2) is 10.9 Å². The van der Waals surface area contributed by atoms with Gasteiger partial charge in [-0.25, -0.2) is 4.98 Å². The predicted octanol–water partition coefficient (Wildman–Crippen LogP) is 1.40. The zero-order valence-corrected chi connectivity index (χ0v) is 13.9. The minimum Gasteiger partial charge on any atom is -0.348 e. The highest BCUT2D eigenvalue weighted by atomic mass is 16.7. The maximum Gasteiger partial charge on any atom is 0.273 e. The first-order valence-electron chi connectivity index (χ1n) is 8.80. The summed E-state index contributed by atoms with van der Waals surface area (Å²) < 4.78 is 11.3. The fraction of sp³-hybridized carbons (Fsp3) is 0.706. The molecule has 3 fully saturated rings. The number of aromatic nitrogens is 2. The van der Waals surface area contributed by atoms with Gasteiger partial charge in [0.05, 0.1) is 19.3 Å². The monoisotopic (exact) mass is 333 g/mol. The zero-order chi connectivity index (χ0) is 16.7. The number of ether oxygens (including phenoxy) is 2. The molecule has 4 rings (SSSR count). The molecule has 130 valence electrons. The zero-order valence-electron chi connectivity index (χ0n) is 13.9. The fourth-order valence-electron chi connectivity index (χ4n) is 3.71. The second kappa shape index (κ2) is 6.29. The van der Waals surface area contributed by atoms with Gasteiger partial charge in [0.25, 0.3) is 11.5 Å². The van der Waals surface area contributed by atoms with E-state index in [2.05, 4.69) is 9.97 Å². The van der Waals surface area contributed by atoms with Gasteiger partial charge in [0.2, 0.25) is 0 Å². The number of hydrogen-bond donors (Lipinski definition) is 1. The van der Waals surface area contributed by atoms with Gasteiger partial charge >= 0.3 is 0 Å². The van der Waals surface area contributed by atoms with Crippen LogP contribution in [0.3, 0.4) is 0 Å². The van der Waals surface area contributed by atoms with Crippen molar-refractivity contribution >= 4 is 5.91 Å². The molecule has 7 heteroatoms. The number of aromatic amines is 1. The van der Waals surface area contributed by atoms with Crippen LogP contribution in [0.1, 0.15) is 61.3 Å². The van der Waals surface area contributed by atoms with Gasteiger partial charge in [-0.1, -0.05) is 0 Å². The summed E-state index contributed by atoms with van der Waals surface area (Å²) >= 11 is 0. The maximum absolute atomic E-state index is 13.1. The molecule has 1 aliphatic carbocycles. The van der Waals surface area contributed by atoms with E-state index in [1.165, 1.54) is 6.07 Å². The van der Waals surface area contributed by atoms with Crippen molar-refractivity contribution in [2.45, 2.75) is 63.3 Å². The van der Waals surface area contributed by atoms with Gasteiger partial charge in [0.15, 0.2) is 6.29 Å². The van der Waals surface area contributed by atoms with Crippen LogP contribution >= 0.6 is 0 Å². The van der Waals surface area contributed by atoms with Crippen molar-refractivity contribution in [2.75, 3.05) is 13.2 Å². The average Bonchev–Trinajstić information content (AvgIpc) is 3.28. The topological polar surface area (TPSA) is 84.5 Å². The van der Waals surface area contributed by atoms with Gasteiger partial charge in [-0.05, 0) is 39.0 Å². The Morgan fingerprint density at radius 2 is 2.00 bits per heavy atom. The summed E-state index contributed by atoms with van der Waals surface area (Å²) in [5, 5.41) is 0. The second-order valence-electron chi connectivity index (χ2n) is 6.96. The molecule has 7 nitrogen and oxygen atoms in total. The predicted molar refractivity (Wildman–Crippen MR) is 85.8 cm³/mol. The van der Waals surface area contributed by atoms with E-state index >= 15 is 0 Å². The Labute approximate surface area is 140 Å². The van der Waals surface area contributed by atoms with Crippen LogP contribution < -0.4 is 5.56 Å². The first-order chi connectivity index (χ1) is 11.6. The van der Waals surface area contributed by atoms with Crippen molar-refractivity contribution in [2.24, 2.45) is 0 Å². The Hall–Kier alpha value is -1.73. The van der Waals surface area contributed by atoms with Crippen LogP contribution in [0.5, 0.6) is 0 Å². The van der Waals surface area contributed by atoms with Crippen molar-refractivity contribution in [1.82, 2.24) is 14.9 Å². The molecule has 1 N–H and O–H groups in total. The highest BCUT2D eigenvalue weighted by Crippen LogP contribution is 2.37. The second-order valence-corrected chi connectivity index (χ2v) is 6.96. The largest absolute Gasteiger partial charge is 0.348 e. The molecule has 2 aliphatic heterocycles. The molecule has 1 aromatic heterocycles. The smallest absolute Gasteiger partial charge is 0.273 e. The number of likely N-dealkylation sites (tertiary alicyclic amines) is 1. The van der Waals surface area contributed by atoms with Gasteiger partial charge in [-0.2, -0.15) is 0 Å². The van der Waals surface area contributed by atoms with Crippen molar-refractivity contribution < 1.29 is 14.3 Å². The third kappa shape index (κ3) is 2.98. The first kappa shape index (κ1) is 15.8. The summed E-state index contributed by atoms with van der Waals surface area (Å²) in [4.78, 5) is 34.1. The van der Waals surface area contributed by atoms with Gasteiger partial charge in [0.1, 0.15) is 11.5 Å². The molecule has 3 heterocycles. The van der Waals surface area contributed by atoms with Crippen molar-refractivity contribution in [1.29, 1.82) is 0 Å². The van der Waals surface area contributed by atoms with E-state index in [1.807, 2.05) is 11.8 Å². The minimum absolute atomic E-state index is 0.0783. The standard InChI is InChI=1S/C17H23N3O4/c1-10-3-2-4-13(17-23-7-8-24-17)20(10)16(22)12-9-14(21)19-15(18-12)11-5-6-11/h9-11,13,17H,2-8H2,1H3,(H,18,19,21)/t10-,13-/m1/s1. The molecular formula is C17H23N3O4. The summed E-state index contributed by atoms with van der Waals surface area (Å²) in [6.45, 7) is 3.16. The maximum atomic E-state index is 13.1. The Morgan fingerprint density at radius 1 is 1.25 bits per heavy atom. The highest BCUT2D eigenvalue weighted by molar-refractivity contribution is 5.92. The summed E-state index contributed by atoms with van der Waals surface area (Å²) in [7, 11) is 0. The molecule has 0 bridgehead atoms. The third-order valence-electron chi connectivity index (χ3n) is 5.09. The SMILES string of the molecule is C[C@@H]1CCC[C@H](C2OCCO2)N1C(=O)c1cc(=O)[nH]c(C2CC2)n1. The molecular weight excluding hydrogens is 310 g/mol. The van der Waals surface area contributed by atoms with E-state index in [1.54, 1.807) is 0 Å². The lowest BCUT2D eigenvalue weighted by atomic mass is 9.95. The van der Waals surface area contributed by atoms with Crippen LogP contribution in [0, 0.1) is 0 Å². The normalized spacial score (nSPS) is 28.3. The number of piperidine rings is 1. The number of carbonyl (C=O) groups excluding carboxylic acids is 1. The minimum atomic E-state index is -0.374.